The molecule has 0 aliphatic rings. The summed E-state index contributed by atoms with van der Waals surface area (Å²) < 4.78 is 4.85. The molecule has 2 N–H and O–H groups in total. The van der Waals surface area contributed by atoms with E-state index in [0.717, 1.165) is 5.56 Å². The van der Waals surface area contributed by atoms with Crippen LogP contribution in [0.4, 0.5) is 5.69 Å². The SMILES string of the molecule is CCOC(=O)CC=Cc1ccc(N)c(C(=O)c2ccccc2)c1. The van der Waals surface area contributed by atoms with Gasteiger partial charge in [-0.05, 0) is 24.6 Å². The fraction of sp³-hybridized carbons (Fsp3) is 0.158. The Kier molecular flexibility index (Phi) is 5.69. The Morgan fingerprint density at radius 3 is 2.57 bits per heavy atom. The maximum absolute atomic E-state index is 12.5. The number of ketones is 1. The topological polar surface area (TPSA) is 69.4 Å². The molecule has 0 spiro atoms. The van der Waals surface area contributed by atoms with Crippen LogP contribution in [0.25, 0.3) is 6.08 Å². The number of benzene rings is 2. The lowest BCUT2D eigenvalue weighted by molar-refractivity contribution is -0.142. The molecule has 0 saturated carbocycles. The molecule has 0 heterocycles. The van der Waals surface area contributed by atoms with Crippen LogP contribution in [0.3, 0.4) is 0 Å². The highest BCUT2D eigenvalue weighted by atomic mass is 16.5. The molecule has 0 fully saturated rings. The van der Waals surface area contributed by atoms with E-state index in [1.54, 1.807) is 49.4 Å². The number of nitrogen functional groups attached to an aromatic ring is 1. The Morgan fingerprint density at radius 2 is 1.87 bits per heavy atom. The van der Waals surface area contributed by atoms with E-state index in [9.17, 15) is 9.59 Å². The molecule has 0 amide bonds. The average molecular weight is 309 g/mol. The number of esters is 1. The zero-order valence-electron chi connectivity index (χ0n) is 13.0. The summed E-state index contributed by atoms with van der Waals surface area (Å²) >= 11 is 0. The van der Waals surface area contributed by atoms with Crippen molar-refractivity contribution in [3.63, 3.8) is 0 Å². The van der Waals surface area contributed by atoms with Gasteiger partial charge < -0.3 is 10.5 Å². The molecule has 0 bridgehead atoms. The molecule has 118 valence electrons. The molecule has 0 saturated heterocycles. The second kappa shape index (κ2) is 7.94. The minimum Gasteiger partial charge on any atom is -0.466 e. The quantitative estimate of drug-likeness (QED) is 0.504. The Labute approximate surface area is 135 Å². The Bertz CT molecular complexity index is 721. The molecule has 2 aromatic rings. The monoisotopic (exact) mass is 309 g/mol. The third-order valence-electron chi connectivity index (χ3n) is 3.26. The number of carbonyl (C=O) groups excluding carboxylic acids is 2. The molecule has 2 aromatic carbocycles. The Hall–Kier alpha value is -2.88. The van der Waals surface area contributed by atoms with Gasteiger partial charge in [-0.15, -0.1) is 0 Å². The molecule has 0 atom stereocenters. The van der Waals surface area contributed by atoms with Crippen LogP contribution in [0.5, 0.6) is 0 Å². The van der Waals surface area contributed by atoms with Crippen molar-refractivity contribution in [3.8, 4) is 0 Å². The minimum atomic E-state index is -0.278. The molecule has 0 radical (unpaired) electrons. The minimum absolute atomic E-state index is 0.122. The highest BCUT2D eigenvalue weighted by molar-refractivity contribution is 6.12. The van der Waals surface area contributed by atoms with E-state index in [4.69, 9.17) is 10.5 Å². The van der Waals surface area contributed by atoms with Gasteiger partial charge in [0.15, 0.2) is 5.78 Å². The number of hydrogen-bond donors (Lipinski definition) is 1. The Balaban J connectivity index is 2.18. The number of carbonyl (C=O) groups is 2. The lowest BCUT2D eigenvalue weighted by atomic mass is 9.99. The van der Waals surface area contributed by atoms with Crippen molar-refractivity contribution in [1.82, 2.24) is 0 Å². The van der Waals surface area contributed by atoms with Crippen molar-refractivity contribution in [2.45, 2.75) is 13.3 Å². The van der Waals surface area contributed by atoms with Crippen LogP contribution in [0.15, 0.2) is 54.6 Å². The molecule has 4 heteroatoms. The maximum Gasteiger partial charge on any atom is 0.309 e. The number of ether oxygens (including phenoxy) is 1. The summed E-state index contributed by atoms with van der Waals surface area (Å²) in [5, 5.41) is 0. The fourth-order valence-corrected chi connectivity index (χ4v) is 2.13. The molecular formula is C19H19NO3. The van der Waals surface area contributed by atoms with Gasteiger partial charge in [0.2, 0.25) is 0 Å². The standard InChI is InChI=1S/C19H19NO3/c1-2-23-18(21)10-6-7-14-11-12-17(20)16(13-14)19(22)15-8-4-3-5-9-15/h3-9,11-13H,2,10,20H2,1H3. The third-order valence-corrected chi connectivity index (χ3v) is 3.26. The van der Waals surface area contributed by atoms with Gasteiger partial charge in [0.25, 0.3) is 0 Å². The fourth-order valence-electron chi connectivity index (χ4n) is 2.13. The molecule has 0 aliphatic heterocycles. The van der Waals surface area contributed by atoms with Crippen molar-refractivity contribution < 1.29 is 14.3 Å². The maximum atomic E-state index is 12.5. The first-order valence-corrected chi connectivity index (χ1v) is 7.43. The highest BCUT2D eigenvalue weighted by Gasteiger charge is 2.12. The van der Waals surface area contributed by atoms with E-state index in [1.807, 2.05) is 18.2 Å². The van der Waals surface area contributed by atoms with E-state index >= 15 is 0 Å². The van der Waals surface area contributed by atoms with E-state index in [1.165, 1.54) is 0 Å². The first kappa shape index (κ1) is 16.5. The van der Waals surface area contributed by atoms with Crippen LogP contribution < -0.4 is 5.73 Å². The van der Waals surface area contributed by atoms with Gasteiger partial charge in [0.05, 0.1) is 13.0 Å². The number of rotatable bonds is 6. The van der Waals surface area contributed by atoms with Crippen LogP contribution in [0.1, 0.15) is 34.8 Å². The van der Waals surface area contributed by atoms with Crippen LogP contribution in [-0.2, 0) is 9.53 Å². The summed E-state index contributed by atoms with van der Waals surface area (Å²) in [7, 11) is 0. The van der Waals surface area contributed by atoms with E-state index < -0.39 is 0 Å². The summed E-state index contributed by atoms with van der Waals surface area (Å²) in [4.78, 5) is 23.8. The summed E-state index contributed by atoms with van der Waals surface area (Å²) in [6, 6.07) is 14.2. The van der Waals surface area contributed by atoms with Crippen LogP contribution in [0, 0.1) is 0 Å². The van der Waals surface area contributed by atoms with Crippen molar-refractivity contribution in [2.24, 2.45) is 0 Å². The summed E-state index contributed by atoms with van der Waals surface area (Å²) in [6.45, 7) is 2.13. The average Bonchev–Trinajstić information content (AvgIpc) is 2.57. The zero-order chi connectivity index (χ0) is 16.7. The van der Waals surface area contributed by atoms with Gasteiger partial charge in [0, 0.05) is 16.8 Å². The number of anilines is 1. The van der Waals surface area contributed by atoms with Crippen molar-refractivity contribution >= 4 is 23.5 Å². The van der Waals surface area contributed by atoms with Gasteiger partial charge >= 0.3 is 5.97 Å². The predicted molar refractivity (Wildman–Crippen MR) is 91.0 cm³/mol. The molecule has 4 nitrogen and oxygen atoms in total. The van der Waals surface area contributed by atoms with Gasteiger partial charge in [-0.1, -0.05) is 48.6 Å². The molecule has 0 aliphatic carbocycles. The van der Waals surface area contributed by atoms with E-state index in [2.05, 4.69) is 0 Å². The number of nitrogens with two attached hydrogens (primary N) is 1. The van der Waals surface area contributed by atoms with Crippen LogP contribution >= 0.6 is 0 Å². The molecule has 23 heavy (non-hydrogen) atoms. The molecular weight excluding hydrogens is 290 g/mol. The summed E-state index contributed by atoms with van der Waals surface area (Å²) in [5.41, 5.74) is 8.21. The van der Waals surface area contributed by atoms with Gasteiger partial charge in [-0.25, -0.2) is 0 Å². The van der Waals surface area contributed by atoms with Gasteiger partial charge in [-0.3, -0.25) is 9.59 Å². The molecule has 0 aromatic heterocycles. The van der Waals surface area contributed by atoms with Gasteiger partial charge in [0.1, 0.15) is 0 Å². The lowest BCUT2D eigenvalue weighted by Gasteiger charge is -2.06. The molecule has 0 unspecified atom stereocenters. The van der Waals surface area contributed by atoms with Crippen LogP contribution in [0.2, 0.25) is 0 Å². The normalized spacial score (nSPS) is 10.7. The highest BCUT2D eigenvalue weighted by Crippen LogP contribution is 2.19. The summed E-state index contributed by atoms with van der Waals surface area (Å²) in [6.07, 6.45) is 3.68. The van der Waals surface area contributed by atoms with Crippen molar-refractivity contribution in [2.75, 3.05) is 12.3 Å². The van der Waals surface area contributed by atoms with Crippen molar-refractivity contribution in [1.29, 1.82) is 0 Å². The van der Waals surface area contributed by atoms with E-state index in [0.29, 0.717) is 23.4 Å². The summed E-state index contributed by atoms with van der Waals surface area (Å²) in [5.74, 6) is -0.400. The van der Waals surface area contributed by atoms with E-state index in [-0.39, 0.29) is 18.2 Å². The second-order valence-corrected chi connectivity index (χ2v) is 4.95. The predicted octanol–water partition coefficient (Wildman–Crippen LogP) is 3.47. The third kappa shape index (κ3) is 4.54. The smallest absolute Gasteiger partial charge is 0.309 e. The Morgan fingerprint density at radius 1 is 1.13 bits per heavy atom. The van der Waals surface area contributed by atoms with Crippen molar-refractivity contribution in [3.05, 3.63) is 71.3 Å². The zero-order valence-corrected chi connectivity index (χ0v) is 13.0. The molecule has 2 rings (SSSR count). The van der Waals surface area contributed by atoms with Crippen LogP contribution in [-0.4, -0.2) is 18.4 Å². The largest absolute Gasteiger partial charge is 0.466 e. The second-order valence-electron chi connectivity index (χ2n) is 4.95. The first-order chi connectivity index (χ1) is 11.1. The lowest BCUT2D eigenvalue weighted by Crippen LogP contribution is -2.05. The van der Waals surface area contributed by atoms with Gasteiger partial charge in [-0.2, -0.15) is 0 Å². The first-order valence-electron chi connectivity index (χ1n) is 7.43. The number of hydrogen-bond acceptors (Lipinski definition) is 4.